The molecule has 6 heteroatoms. The quantitative estimate of drug-likeness (QED) is 0.635. The molecular weight excluding hydrogens is 388 g/mol. The topological polar surface area (TPSA) is 116 Å². The molecule has 2 atom stereocenters. The minimum absolute atomic E-state index is 0.0493. The summed E-state index contributed by atoms with van der Waals surface area (Å²) in [5, 5.41) is 30.0. The Labute approximate surface area is 184 Å². The summed E-state index contributed by atoms with van der Waals surface area (Å²) in [7, 11) is 1.58. The number of methoxy groups -OCH3 is 1. The highest BCUT2D eigenvalue weighted by atomic mass is 16.5. The fourth-order valence-electron chi connectivity index (χ4n) is 4.78. The van der Waals surface area contributed by atoms with Crippen molar-refractivity contribution >= 4 is 0 Å². The standard InChI is InChI=1S/C25H28N4O2/c1-3-4-7-12-31-21-11-10-17(13-22(21)30-2)23-19-9-6-5-8-18(19)20(14-26)24(29)25(23,15-27)16-28/h8,10-11,13,19,23H,3-7,9,12,29H2,1-2H3. The Balaban J connectivity index is 2.10. The molecule has 0 amide bonds. The summed E-state index contributed by atoms with van der Waals surface area (Å²) in [5.41, 5.74) is 6.70. The Morgan fingerprint density at radius 2 is 1.94 bits per heavy atom. The van der Waals surface area contributed by atoms with Crippen LogP contribution in [0.1, 0.15) is 56.9 Å². The van der Waals surface area contributed by atoms with Gasteiger partial charge in [-0.2, -0.15) is 15.8 Å². The fraction of sp³-hybridized carbons (Fsp3) is 0.480. The van der Waals surface area contributed by atoms with Gasteiger partial charge < -0.3 is 15.2 Å². The second-order valence-electron chi connectivity index (χ2n) is 8.07. The van der Waals surface area contributed by atoms with Crippen molar-refractivity contribution in [3.05, 3.63) is 46.7 Å². The first kappa shape index (κ1) is 22.3. The third-order valence-electron chi connectivity index (χ3n) is 6.35. The van der Waals surface area contributed by atoms with Gasteiger partial charge in [-0.15, -0.1) is 0 Å². The number of nitrogens with two attached hydrogens (primary N) is 1. The molecule has 0 saturated heterocycles. The van der Waals surface area contributed by atoms with E-state index in [1.807, 2.05) is 24.3 Å². The van der Waals surface area contributed by atoms with Crippen LogP contribution in [0.15, 0.2) is 41.1 Å². The number of allylic oxidation sites excluding steroid dienone is 4. The summed E-state index contributed by atoms with van der Waals surface area (Å²) in [4.78, 5) is 0. The Morgan fingerprint density at radius 3 is 2.58 bits per heavy atom. The highest BCUT2D eigenvalue weighted by Gasteiger charge is 2.53. The highest BCUT2D eigenvalue weighted by Crippen LogP contribution is 2.56. The van der Waals surface area contributed by atoms with Gasteiger partial charge in [0.1, 0.15) is 6.07 Å². The van der Waals surface area contributed by atoms with Gasteiger partial charge in [0.25, 0.3) is 0 Å². The number of nitriles is 3. The van der Waals surface area contributed by atoms with Crippen LogP contribution in [0.5, 0.6) is 11.5 Å². The van der Waals surface area contributed by atoms with Gasteiger partial charge in [-0.3, -0.25) is 0 Å². The first-order valence-electron chi connectivity index (χ1n) is 10.8. The van der Waals surface area contributed by atoms with Crippen LogP contribution in [-0.4, -0.2) is 13.7 Å². The summed E-state index contributed by atoms with van der Waals surface area (Å²) in [5.74, 6) is 0.581. The summed E-state index contributed by atoms with van der Waals surface area (Å²) < 4.78 is 11.5. The molecule has 2 aliphatic carbocycles. The Morgan fingerprint density at radius 1 is 1.16 bits per heavy atom. The minimum Gasteiger partial charge on any atom is -0.493 e. The molecule has 3 rings (SSSR count). The average Bonchev–Trinajstić information content (AvgIpc) is 2.81. The van der Waals surface area contributed by atoms with E-state index in [0.29, 0.717) is 18.1 Å². The van der Waals surface area contributed by atoms with E-state index in [4.69, 9.17) is 15.2 Å². The number of unbranched alkanes of at least 4 members (excludes halogenated alkanes) is 2. The monoisotopic (exact) mass is 416 g/mol. The maximum absolute atomic E-state index is 10.1. The molecule has 0 heterocycles. The van der Waals surface area contributed by atoms with Crippen molar-refractivity contribution in [2.24, 2.45) is 17.1 Å². The first-order valence-corrected chi connectivity index (χ1v) is 10.8. The number of hydrogen-bond donors (Lipinski definition) is 1. The molecule has 31 heavy (non-hydrogen) atoms. The van der Waals surface area contributed by atoms with Crippen molar-refractivity contribution in [1.82, 2.24) is 0 Å². The largest absolute Gasteiger partial charge is 0.493 e. The molecule has 0 radical (unpaired) electrons. The van der Waals surface area contributed by atoms with Gasteiger partial charge in [0.2, 0.25) is 0 Å². The molecule has 0 aliphatic heterocycles. The minimum atomic E-state index is -1.61. The van der Waals surface area contributed by atoms with Gasteiger partial charge in [-0.05, 0) is 54.9 Å². The van der Waals surface area contributed by atoms with E-state index in [-0.39, 0.29) is 17.2 Å². The number of benzene rings is 1. The van der Waals surface area contributed by atoms with Gasteiger partial charge in [0.05, 0.1) is 37.1 Å². The number of ether oxygens (including phenoxy) is 2. The fourth-order valence-corrected chi connectivity index (χ4v) is 4.78. The molecule has 1 aromatic rings. The summed E-state index contributed by atoms with van der Waals surface area (Å²) >= 11 is 0. The number of hydrogen-bond acceptors (Lipinski definition) is 6. The second-order valence-corrected chi connectivity index (χ2v) is 8.07. The van der Waals surface area contributed by atoms with Crippen LogP contribution < -0.4 is 15.2 Å². The van der Waals surface area contributed by atoms with Gasteiger partial charge in [0, 0.05) is 5.92 Å². The summed E-state index contributed by atoms with van der Waals surface area (Å²) in [6.07, 6.45) is 7.79. The predicted octanol–water partition coefficient (Wildman–Crippen LogP) is 4.86. The van der Waals surface area contributed by atoms with Gasteiger partial charge in [-0.25, -0.2) is 0 Å². The smallest absolute Gasteiger partial charge is 0.191 e. The van der Waals surface area contributed by atoms with Crippen molar-refractivity contribution in [3.63, 3.8) is 0 Å². The Bertz CT molecular complexity index is 1010. The van der Waals surface area contributed by atoms with Gasteiger partial charge in [0.15, 0.2) is 16.9 Å². The van der Waals surface area contributed by atoms with Gasteiger partial charge >= 0.3 is 0 Å². The van der Waals surface area contributed by atoms with Crippen LogP contribution in [0, 0.1) is 45.3 Å². The third kappa shape index (κ3) is 3.85. The molecule has 0 spiro atoms. The summed E-state index contributed by atoms with van der Waals surface area (Å²) in [6.45, 7) is 2.74. The SMILES string of the molecule is CCCCCOc1ccc(C2C3CCCC=C3C(C#N)=C(N)C2(C#N)C#N)cc1OC. The zero-order valence-corrected chi connectivity index (χ0v) is 18.1. The van der Waals surface area contributed by atoms with E-state index in [1.165, 1.54) is 0 Å². The summed E-state index contributed by atoms with van der Waals surface area (Å²) in [6, 6.07) is 12.1. The Hall–Kier alpha value is -3.43. The first-order chi connectivity index (χ1) is 15.1. The van der Waals surface area contributed by atoms with Crippen molar-refractivity contribution in [1.29, 1.82) is 15.8 Å². The van der Waals surface area contributed by atoms with Crippen molar-refractivity contribution < 1.29 is 9.47 Å². The van der Waals surface area contributed by atoms with E-state index in [9.17, 15) is 15.8 Å². The van der Waals surface area contributed by atoms with Crippen LogP contribution in [0.2, 0.25) is 0 Å². The number of rotatable bonds is 7. The van der Waals surface area contributed by atoms with Crippen LogP contribution >= 0.6 is 0 Å². The normalized spacial score (nSPS) is 21.7. The van der Waals surface area contributed by atoms with E-state index < -0.39 is 11.3 Å². The van der Waals surface area contributed by atoms with E-state index >= 15 is 0 Å². The number of nitrogens with zero attached hydrogens (tertiary/aromatic N) is 3. The van der Waals surface area contributed by atoms with Crippen LogP contribution in [0.4, 0.5) is 0 Å². The maximum atomic E-state index is 10.1. The van der Waals surface area contributed by atoms with Crippen molar-refractivity contribution in [2.75, 3.05) is 13.7 Å². The zero-order chi connectivity index (χ0) is 22.4. The molecule has 0 aromatic heterocycles. The molecule has 0 saturated carbocycles. The Kier molecular flexibility index (Phi) is 6.88. The molecule has 2 aliphatic rings. The molecule has 6 nitrogen and oxygen atoms in total. The zero-order valence-electron chi connectivity index (χ0n) is 18.1. The number of fused-ring (bicyclic) bond motifs is 1. The van der Waals surface area contributed by atoms with Crippen LogP contribution in [0.3, 0.4) is 0 Å². The lowest BCUT2D eigenvalue weighted by Gasteiger charge is -2.43. The molecule has 0 bridgehead atoms. The van der Waals surface area contributed by atoms with Crippen LogP contribution in [0.25, 0.3) is 0 Å². The predicted molar refractivity (Wildman–Crippen MR) is 117 cm³/mol. The van der Waals surface area contributed by atoms with Crippen LogP contribution in [-0.2, 0) is 0 Å². The lowest BCUT2D eigenvalue weighted by atomic mass is 9.57. The molecular formula is C25H28N4O2. The van der Waals surface area contributed by atoms with Gasteiger partial charge in [-0.1, -0.05) is 31.9 Å². The van der Waals surface area contributed by atoms with E-state index in [0.717, 1.165) is 49.7 Å². The van der Waals surface area contributed by atoms with E-state index in [2.05, 4.69) is 25.1 Å². The third-order valence-corrected chi connectivity index (χ3v) is 6.35. The molecule has 160 valence electrons. The second kappa shape index (κ2) is 9.59. The highest BCUT2D eigenvalue weighted by molar-refractivity contribution is 5.60. The molecule has 1 aromatic carbocycles. The van der Waals surface area contributed by atoms with E-state index in [1.54, 1.807) is 7.11 Å². The van der Waals surface area contributed by atoms with Crippen molar-refractivity contribution in [2.45, 2.75) is 51.4 Å². The van der Waals surface area contributed by atoms with Crippen molar-refractivity contribution in [3.8, 4) is 29.7 Å². The molecule has 2 N–H and O–H groups in total. The average molecular weight is 417 g/mol. The maximum Gasteiger partial charge on any atom is 0.191 e. The molecule has 0 fully saturated rings. The lowest BCUT2D eigenvalue weighted by molar-refractivity contribution is 0.283. The molecule has 2 unspecified atom stereocenters. The lowest BCUT2D eigenvalue weighted by Crippen LogP contribution is -2.42.